The van der Waals surface area contributed by atoms with Crippen LogP contribution in [0.2, 0.25) is 0 Å². The van der Waals surface area contributed by atoms with E-state index in [1.165, 1.54) is 29.1 Å². The number of para-hydroxylation sites is 1. The van der Waals surface area contributed by atoms with E-state index >= 15 is 0 Å². The number of methoxy groups -OCH3 is 1. The number of benzene rings is 2. The van der Waals surface area contributed by atoms with Gasteiger partial charge in [0.25, 0.3) is 5.56 Å². The minimum atomic E-state index is -0.760. The van der Waals surface area contributed by atoms with E-state index in [1.807, 2.05) is 31.2 Å². The average molecular weight is 495 g/mol. The lowest BCUT2D eigenvalue weighted by Gasteiger charge is -2.26. The van der Waals surface area contributed by atoms with E-state index in [0.29, 0.717) is 49.8 Å². The predicted molar refractivity (Wildman–Crippen MR) is 133 cm³/mol. The fourth-order valence-electron chi connectivity index (χ4n) is 4.01. The Balaban J connectivity index is 1.97. The monoisotopic (exact) mass is 494 g/mol. The molecule has 2 aromatic carbocycles. The topological polar surface area (TPSA) is 99.4 Å². The van der Waals surface area contributed by atoms with Crippen molar-refractivity contribution in [1.82, 2.24) is 4.57 Å². The third-order valence-electron chi connectivity index (χ3n) is 5.53. The van der Waals surface area contributed by atoms with E-state index in [4.69, 9.17) is 14.2 Å². The number of rotatable bonds is 7. The van der Waals surface area contributed by atoms with Crippen LogP contribution in [0.3, 0.4) is 0 Å². The quantitative estimate of drug-likeness (QED) is 0.507. The van der Waals surface area contributed by atoms with Gasteiger partial charge >= 0.3 is 5.97 Å². The van der Waals surface area contributed by atoms with Crippen molar-refractivity contribution in [3.63, 3.8) is 0 Å². The van der Waals surface area contributed by atoms with Gasteiger partial charge in [-0.3, -0.25) is 9.36 Å². The first-order valence-electron chi connectivity index (χ1n) is 11.2. The highest BCUT2D eigenvalue weighted by molar-refractivity contribution is 7.07. The first kappa shape index (κ1) is 24.3. The van der Waals surface area contributed by atoms with E-state index in [-0.39, 0.29) is 17.9 Å². The number of fused-ring (bicyclic) bond motifs is 1. The van der Waals surface area contributed by atoms with E-state index in [9.17, 15) is 14.7 Å². The molecule has 1 aliphatic rings. The van der Waals surface area contributed by atoms with Crippen molar-refractivity contribution >= 4 is 23.4 Å². The zero-order valence-electron chi connectivity index (χ0n) is 19.9. The Morgan fingerprint density at radius 1 is 1.17 bits per heavy atom. The Morgan fingerprint density at radius 2 is 1.94 bits per heavy atom. The standard InChI is InChI=1S/C26H26N2O6S/c1-5-33-19-10-8-7-9-17(19)23-22(25(31)34-6-2)15(3)27-26-28(23)24(30)21(35-26)14-16-11-12-18(29)20(13-16)32-4/h7-14,23,29H,5-6H2,1-4H3/b21-14-/t23-/m0/s1. The number of ether oxygens (including phenoxy) is 3. The van der Waals surface area contributed by atoms with Gasteiger partial charge < -0.3 is 19.3 Å². The van der Waals surface area contributed by atoms with Crippen LogP contribution in [-0.2, 0) is 9.53 Å². The van der Waals surface area contributed by atoms with Gasteiger partial charge in [0, 0.05) is 5.56 Å². The smallest absolute Gasteiger partial charge is 0.338 e. The summed E-state index contributed by atoms with van der Waals surface area (Å²) >= 11 is 1.22. The lowest BCUT2D eigenvalue weighted by atomic mass is 9.95. The summed E-state index contributed by atoms with van der Waals surface area (Å²) in [5.41, 5.74) is 1.83. The average Bonchev–Trinajstić information content (AvgIpc) is 3.14. The molecule has 0 amide bonds. The van der Waals surface area contributed by atoms with Crippen LogP contribution in [-0.4, -0.2) is 36.0 Å². The number of hydrogen-bond donors (Lipinski definition) is 1. The Labute approximate surface area is 206 Å². The van der Waals surface area contributed by atoms with Gasteiger partial charge in [0.05, 0.1) is 36.1 Å². The zero-order valence-corrected chi connectivity index (χ0v) is 20.7. The molecule has 0 bridgehead atoms. The molecule has 0 radical (unpaired) electrons. The maximum Gasteiger partial charge on any atom is 0.338 e. The Morgan fingerprint density at radius 3 is 2.66 bits per heavy atom. The molecule has 1 aliphatic heterocycles. The molecular weight excluding hydrogens is 468 g/mol. The molecule has 0 unspecified atom stereocenters. The second-order valence-electron chi connectivity index (χ2n) is 7.70. The molecule has 1 N–H and O–H groups in total. The molecule has 2 heterocycles. The number of nitrogens with zero attached hydrogens (tertiary/aromatic N) is 2. The van der Waals surface area contributed by atoms with Gasteiger partial charge in [-0.05, 0) is 50.6 Å². The van der Waals surface area contributed by atoms with Crippen LogP contribution < -0.4 is 24.4 Å². The van der Waals surface area contributed by atoms with Crippen molar-refractivity contribution < 1.29 is 24.1 Å². The molecule has 0 aliphatic carbocycles. The van der Waals surface area contributed by atoms with Gasteiger partial charge in [-0.15, -0.1) is 0 Å². The number of carbonyl (C=O) groups excluding carboxylic acids is 1. The van der Waals surface area contributed by atoms with Gasteiger partial charge in [-0.25, -0.2) is 9.79 Å². The number of hydrogen-bond acceptors (Lipinski definition) is 8. The van der Waals surface area contributed by atoms with E-state index < -0.39 is 12.0 Å². The summed E-state index contributed by atoms with van der Waals surface area (Å²) in [5.74, 6) is 0.362. The second-order valence-corrected chi connectivity index (χ2v) is 8.71. The SMILES string of the molecule is CCOC(=O)C1=C(C)N=c2s/c(=C\c3ccc(O)c(OC)c3)c(=O)n2[C@H]1c1ccccc1OCC. The fraction of sp³-hybridized carbons (Fsp3) is 0.269. The summed E-state index contributed by atoms with van der Waals surface area (Å²) in [7, 11) is 1.46. The van der Waals surface area contributed by atoms with Crippen LogP contribution in [0.15, 0.2) is 63.5 Å². The molecule has 9 heteroatoms. The number of allylic oxidation sites excluding steroid dienone is 1. The van der Waals surface area contributed by atoms with Crippen molar-refractivity contribution in [2.24, 2.45) is 4.99 Å². The first-order chi connectivity index (χ1) is 16.9. The number of aromatic nitrogens is 1. The molecule has 1 aromatic heterocycles. The lowest BCUT2D eigenvalue weighted by molar-refractivity contribution is -0.139. The fourth-order valence-corrected chi connectivity index (χ4v) is 5.06. The van der Waals surface area contributed by atoms with Crippen molar-refractivity contribution in [2.75, 3.05) is 20.3 Å². The highest BCUT2D eigenvalue weighted by atomic mass is 32.1. The van der Waals surface area contributed by atoms with Crippen LogP contribution in [0.25, 0.3) is 6.08 Å². The summed E-state index contributed by atoms with van der Waals surface area (Å²) in [5, 5.41) is 9.89. The van der Waals surface area contributed by atoms with Gasteiger partial charge in [0.2, 0.25) is 0 Å². The van der Waals surface area contributed by atoms with E-state index in [0.717, 1.165) is 0 Å². The number of carbonyl (C=O) groups is 1. The van der Waals surface area contributed by atoms with Crippen LogP contribution in [0, 0.1) is 0 Å². The third-order valence-corrected chi connectivity index (χ3v) is 6.51. The molecule has 35 heavy (non-hydrogen) atoms. The minimum absolute atomic E-state index is 0.00773. The number of thiazole rings is 1. The summed E-state index contributed by atoms with van der Waals surface area (Å²) < 4.78 is 18.3. The lowest BCUT2D eigenvalue weighted by Crippen LogP contribution is -2.40. The Kier molecular flexibility index (Phi) is 7.07. The maximum absolute atomic E-state index is 13.7. The molecule has 0 saturated carbocycles. The third kappa shape index (κ3) is 4.59. The van der Waals surface area contributed by atoms with Crippen molar-refractivity contribution in [1.29, 1.82) is 0 Å². The summed E-state index contributed by atoms with van der Waals surface area (Å²) in [4.78, 5) is 31.8. The number of phenolic OH excluding ortho intramolecular Hbond substituents is 1. The second kappa shape index (κ2) is 10.2. The maximum atomic E-state index is 13.7. The molecule has 0 saturated heterocycles. The molecule has 0 spiro atoms. The highest BCUT2D eigenvalue weighted by Gasteiger charge is 2.35. The van der Waals surface area contributed by atoms with E-state index in [2.05, 4.69) is 4.99 Å². The molecule has 3 aromatic rings. The summed E-state index contributed by atoms with van der Waals surface area (Å²) in [6.45, 7) is 5.98. The van der Waals surface area contributed by atoms with Crippen molar-refractivity contribution in [2.45, 2.75) is 26.8 Å². The molecular formula is C26H26N2O6S. The van der Waals surface area contributed by atoms with Gasteiger partial charge in [-0.1, -0.05) is 35.6 Å². The predicted octanol–water partition coefficient (Wildman–Crippen LogP) is 2.91. The highest BCUT2D eigenvalue weighted by Crippen LogP contribution is 2.35. The van der Waals surface area contributed by atoms with Crippen LogP contribution in [0.1, 0.15) is 37.9 Å². The number of phenols is 1. The normalized spacial score (nSPS) is 15.4. The summed E-state index contributed by atoms with van der Waals surface area (Å²) in [6.07, 6.45) is 1.71. The van der Waals surface area contributed by atoms with Gasteiger partial charge in [0.1, 0.15) is 11.8 Å². The Bertz CT molecular complexity index is 1480. The van der Waals surface area contributed by atoms with Crippen LogP contribution in [0.5, 0.6) is 17.2 Å². The Hall–Kier alpha value is -3.85. The molecule has 0 fully saturated rings. The first-order valence-corrected chi connectivity index (χ1v) is 12.0. The van der Waals surface area contributed by atoms with Crippen molar-refractivity contribution in [3.8, 4) is 17.2 Å². The molecule has 4 rings (SSSR count). The zero-order chi connectivity index (χ0) is 25.1. The van der Waals surface area contributed by atoms with Crippen LogP contribution in [0.4, 0.5) is 0 Å². The minimum Gasteiger partial charge on any atom is -0.504 e. The number of aromatic hydroxyl groups is 1. The van der Waals surface area contributed by atoms with Crippen LogP contribution >= 0.6 is 11.3 Å². The summed E-state index contributed by atoms with van der Waals surface area (Å²) in [6, 6.07) is 11.4. The molecule has 8 nitrogen and oxygen atoms in total. The van der Waals surface area contributed by atoms with E-state index in [1.54, 1.807) is 32.1 Å². The largest absolute Gasteiger partial charge is 0.504 e. The number of esters is 1. The van der Waals surface area contributed by atoms with Gasteiger partial charge in [0.15, 0.2) is 16.3 Å². The molecule has 1 atom stereocenters. The molecule has 182 valence electrons. The van der Waals surface area contributed by atoms with Crippen molar-refractivity contribution in [3.05, 3.63) is 84.5 Å². The van der Waals surface area contributed by atoms with Gasteiger partial charge in [-0.2, -0.15) is 0 Å².